The number of ether oxygens (including phenoxy) is 1. The minimum absolute atomic E-state index is 0.116. The summed E-state index contributed by atoms with van der Waals surface area (Å²) < 4.78 is 19.6. The number of benzene rings is 1. The number of anilines is 2. The maximum atomic E-state index is 14.3. The van der Waals surface area contributed by atoms with Crippen molar-refractivity contribution in [1.29, 1.82) is 0 Å². The van der Waals surface area contributed by atoms with Gasteiger partial charge in [-0.15, -0.1) is 0 Å². The molecule has 1 saturated heterocycles. The Morgan fingerprint density at radius 3 is 2.71 bits per heavy atom. The lowest BCUT2D eigenvalue weighted by Gasteiger charge is -2.29. The summed E-state index contributed by atoms with van der Waals surface area (Å²) in [5.41, 5.74) is 7.18. The second-order valence-electron chi connectivity index (χ2n) is 4.70. The standard InChI is InChI=1S/C14H14ClFN4O/c15-13-14(17)18-8-11(19-13)9-1-2-12(10(16)7-9)20-3-5-21-6-4-20/h1-2,7-8H,3-6H2,(H2,17,18). The number of hydrogen-bond donors (Lipinski definition) is 1. The molecule has 0 spiro atoms. The lowest BCUT2D eigenvalue weighted by molar-refractivity contribution is 0.122. The molecule has 3 rings (SSSR count). The molecule has 2 aromatic rings. The van der Waals surface area contributed by atoms with Gasteiger partial charge in [0.15, 0.2) is 11.0 Å². The highest BCUT2D eigenvalue weighted by atomic mass is 35.5. The number of nitrogen functional groups attached to an aromatic ring is 1. The first-order valence-corrected chi connectivity index (χ1v) is 6.93. The van der Waals surface area contributed by atoms with Crippen LogP contribution in [-0.2, 0) is 4.74 Å². The molecule has 21 heavy (non-hydrogen) atoms. The number of rotatable bonds is 2. The van der Waals surface area contributed by atoms with Gasteiger partial charge in [0.05, 0.1) is 30.8 Å². The monoisotopic (exact) mass is 308 g/mol. The van der Waals surface area contributed by atoms with Crippen molar-refractivity contribution >= 4 is 23.1 Å². The third-order valence-corrected chi connectivity index (χ3v) is 3.63. The number of morpholine rings is 1. The Morgan fingerprint density at radius 2 is 2.05 bits per heavy atom. The van der Waals surface area contributed by atoms with E-state index in [1.54, 1.807) is 12.1 Å². The fourth-order valence-corrected chi connectivity index (χ4v) is 2.38. The summed E-state index contributed by atoms with van der Waals surface area (Å²) in [5.74, 6) is -0.144. The highest BCUT2D eigenvalue weighted by Gasteiger charge is 2.16. The number of nitrogens with zero attached hydrogens (tertiary/aromatic N) is 3. The van der Waals surface area contributed by atoms with Gasteiger partial charge < -0.3 is 15.4 Å². The molecule has 1 aliphatic rings. The molecule has 1 fully saturated rings. The molecule has 0 saturated carbocycles. The molecule has 2 heterocycles. The van der Waals surface area contributed by atoms with Gasteiger partial charge in [0.25, 0.3) is 0 Å². The Labute approximate surface area is 126 Å². The van der Waals surface area contributed by atoms with Crippen molar-refractivity contribution in [2.24, 2.45) is 0 Å². The van der Waals surface area contributed by atoms with Crippen molar-refractivity contribution in [1.82, 2.24) is 9.97 Å². The molecule has 0 radical (unpaired) electrons. The third-order valence-electron chi connectivity index (χ3n) is 3.35. The average molecular weight is 309 g/mol. The van der Waals surface area contributed by atoms with E-state index in [-0.39, 0.29) is 16.8 Å². The largest absolute Gasteiger partial charge is 0.381 e. The van der Waals surface area contributed by atoms with Gasteiger partial charge >= 0.3 is 0 Å². The van der Waals surface area contributed by atoms with Crippen LogP contribution in [0.3, 0.4) is 0 Å². The summed E-state index contributed by atoms with van der Waals surface area (Å²) in [6, 6.07) is 4.97. The molecule has 7 heteroatoms. The second kappa shape index (κ2) is 5.83. The lowest BCUT2D eigenvalue weighted by atomic mass is 10.1. The zero-order chi connectivity index (χ0) is 14.8. The first-order valence-electron chi connectivity index (χ1n) is 6.56. The summed E-state index contributed by atoms with van der Waals surface area (Å²) in [7, 11) is 0. The molecule has 1 aliphatic heterocycles. The van der Waals surface area contributed by atoms with E-state index in [0.717, 1.165) is 0 Å². The highest BCUT2D eigenvalue weighted by molar-refractivity contribution is 6.31. The Balaban J connectivity index is 1.91. The van der Waals surface area contributed by atoms with Crippen molar-refractivity contribution < 1.29 is 9.13 Å². The Morgan fingerprint density at radius 1 is 1.29 bits per heavy atom. The molecule has 1 aromatic carbocycles. The van der Waals surface area contributed by atoms with Crippen LogP contribution in [0.25, 0.3) is 11.3 Å². The summed E-state index contributed by atoms with van der Waals surface area (Å²) in [6.45, 7) is 2.59. The van der Waals surface area contributed by atoms with E-state index in [1.807, 2.05) is 4.90 Å². The molecule has 0 atom stereocenters. The van der Waals surface area contributed by atoms with Crippen LogP contribution >= 0.6 is 11.6 Å². The molecule has 5 nitrogen and oxygen atoms in total. The van der Waals surface area contributed by atoms with Gasteiger partial charge in [-0.05, 0) is 12.1 Å². The molecular formula is C14H14ClFN4O. The topological polar surface area (TPSA) is 64.3 Å². The smallest absolute Gasteiger partial charge is 0.171 e. The van der Waals surface area contributed by atoms with E-state index in [9.17, 15) is 4.39 Å². The van der Waals surface area contributed by atoms with Gasteiger partial charge in [-0.2, -0.15) is 0 Å². The summed E-state index contributed by atoms with van der Waals surface area (Å²) in [4.78, 5) is 10.00. The minimum atomic E-state index is -0.302. The molecule has 0 bridgehead atoms. The number of hydrogen-bond acceptors (Lipinski definition) is 5. The fourth-order valence-electron chi connectivity index (χ4n) is 2.24. The Kier molecular flexibility index (Phi) is 3.90. The summed E-state index contributed by atoms with van der Waals surface area (Å²) >= 11 is 5.84. The van der Waals surface area contributed by atoms with Crippen LogP contribution in [0.15, 0.2) is 24.4 Å². The molecule has 2 N–H and O–H groups in total. The van der Waals surface area contributed by atoms with Crippen LogP contribution in [0.5, 0.6) is 0 Å². The van der Waals surface area contributed by atoms with Crippen molar-refractivity contribution in [3.05, 3.63) is 35.4 Å². The van der Waals surface area contributed by atoms with Gasteiger partial charge in [0.1, 0.15) is 5.82 Å². The first-order chi connectivity index (χ1) is 10.1. The Bertz CT molecular complexity index is 661. The van der Waals surface area contributed by atoms with E-state index in [1.165, 1.54) is 12.3 Å². The van der Waals surface area contributed by atoms with Gasteiger partial charge in [-0.3, -0.25) is 0 Å². The van der Waals surface area contributed by atoms with Gasteiger partial charge in [-0.25, -0.2) is 14.4 Å². The van der Waals surface area contributed by atoms with Crippen LogP contribution in [0, 0.1) is 5.82 Å². The average Bonchev–Trinajstić information content (AvgIpc) is 2.51. The molecule has 110 valence electrons. The number of aromatic nitrogens is 2. The molecule has 0 amide bonds. The normalized spacial score (nSPS) is 15.2. The SMILES string of the molecule is Nc1ncc(-c2ccc(N3CCOCC3)c(F)c2)nc1Cl. The van der Waals surface area contributed by atoms with E-state index in [4.69, 9.17) is 22.1 Å². The van der Waals surface area contributed by atoms with E-state index < -0.39 is 0 Å². The fraction of sp³-hybridized carbons (Fsp3) is 0.286. The zero-order valence-corrected chi connectivity index (χ0v) is 12.0. The Hall–Kier alpha value is -1.92. The van der Waals surface area contributed by atoms with E-state index >= 15 is 0 Å². The van der Waals surface area contributed by atoms with Gasteiger partial charge in [-0.1, -0.05) is 17.7 Å². The molecular weight excluding hydrogens is 295 g/mol. The van der Waals surface area contributed by atoms with Crippen LogP contribution in [0.1, 0.15) is 0 Å². The van der Waals surface area contributed by atoms with Crippen LogP contribution in [0.2, 0.25) is 5.15 Å². The molecule has 1 aromatic heterocycles. The third kappa shape index (κ3) is 2.91. The van der Waals surface area contributed by atoms with Crippen molar-refractivity contribution in [2.75, 3.05) is 36.9 Å². The number of nitrogens with two attached hydrogens (primary N) is 1. The van der Waals surface area contributed by atoms with Crippen LogP contribution < -0.4 is 10.6 Å². The van der Waals surface area contributed by atoms with E-state index in [0.29, 0.717) is 43.2 Å². The molecule has 0 aliphatic carbocycles. The highest BCUT2D eigenvalue weighted by Crippen LogP contribution is 2.27. The minimum Gasteiger partial charge on any atom is -0.381 e. The quantitative estimate of drug-likeness (QED) is 0.922. The summed E-state index contributed by atoms with van der Waals surface area (Å²) in [5, 5.41) is 0.116. The van der Waals surface area contributed by atoms with Gasteiger partial charge in [0.2, 0.25) is 0 Å². The lowest BCUT2D eigenvalue weighted by Crippen LogP contribution is -2.36. The van der Waals surface area contributed by atoms with E-state index in [2.05, 4.69) is 9.97 Å². The predicted molar refractivity (Wildman–Crippen MR) is 79.9 cm³/mol. The molecule has 0 unspecified atom stereocenters. The van der Waals surface area contributed by atoms with Crippen molar-refractivity contribution in [3.63, 3.8) is 0 Å². The van der Waals surface area contributed by atoms with Crippen molar-refractivity contribution in [2.45, 2.75) is 0 Å². The van der Waals surface area contributed by atoms with Crippen LogP contribution in [0.4, 0.5) is 15.9 Å². The summed E-state index contributed by atoms with van der Waals surface area (Å²) in [6.07, 6.45) is 1.48. The zero-order valence-electron chi connectivity index (χ0n) is 11.2. The second-order valence-corrected chi connectivity index (χ2v) is 5.05. The van der Waals surface area contributed by atoms with Crippen LogP contribution in [-0.4, -0.2) is 36.3 Å². The van der Waals surface area contributed by atoms with Gasteiger partial charge in [0, 0.05) is 18.7 Å². The predicted octanol–water partition coefficient (Wildman–Crippen LogP) is 2.35. The maximum Gasteiger partial charge on any atom is 0.171 e. The first kappa shape index (κ1) is 14.0. The van der Waals surface area contributed by atoms with Crippen molar-refractivity contribution in [3.8, 4) is 11.3 Å². The maximum absolute atomic E-state index is 14.3. The number of halogens is 2.